The van der Waals surface area contributed by atoms with Gasteiger partial charge in [0.2, 0.25) is 11.8 Å². The molecule has 132 valence electrons. The molecule has 1 aliphatic carbocycles. The van der Waals surface area contributed by atoms with Gasteiger partial charge in [0.25, 0.3) is 5.91 Å². The number of amides is 2. The molecule has 0 atom stereocenters. The Balaban J connectivity index is 1.61. The van der Waals surface area contributed by atoms with Crippen LogP contribution in [0.25, 0.3) is 0 Å². The second kappa shape index (κ2) is 7.35. The van der Waals surface area contributed by atoms with Crippen LogP contribution < -0.4 is 10.6 Å². The predicted molar refractivity (Wildman–Crippen MR) is 93.8 cm³/mol. The summed E-state index contributed by atoms with van der Waals surface area (Å²) in [6.07, 6.45) is 3.50. The Hall–Kier alpha value is -2.22. The van der Waals surface area contributed by atoms with Crippen LogP contribution >= 0.6 is 15.9 Å². The number of rotatable bonds is 5. The minimum absolute atomic E-state index is 0.104. The fraction of sp³-hybridized carbons (Fsp3) is 0.412. The van der Waals surface area contributed by atoms with Gasteiger partial charge in [0.15, 0.2) is 5.82 Å². The van der Waals surface area contributed by atoms with E-state index in [0.717, 1.165) is 30.2 Å². The van der Waals surface area contributed by atoms with Crippen LogP contribution in [0.1, 0.15) is 47.8 Å². The molecule has 1 aliphatic rings. The molecular formula is C17H19BrN4O3. The second-order valence-corrected chi connectivity index (χ2v) is 7.08. The van der Waals surface area contributed by atoms with Crippen LogP contribution in [-0.4, -0.2) is 28.5 Å². The van der Waals surface area contributed by atoms with E-state index in [0.29, 0.717) is 17.3 Å². The number of hydrogen-bond acceptors (Lipinski definition) is 5. The van der Waals surface area contributed by atoms with Crippen molar-refractivity contribution in [1.29, 1.82) is 0 Å². The van der Waals surface area contributed by atoms with Crippen molar-refractivity contribution in [1.82, 2.24) is 20.8 Å². The first-order chi connectivity index (χ1) is 12.0. The maximum Gasteiger partial charge on any atom is 0.251 e. The molecule has 7 nitrogen and oxygen atoms in total. The highest BCUT2D eigenvalue weighted by molar-refractivity contribution is 9.10. The highest BCUT2D eigenvalue weighted by Gasteiger charge is 2.41. The third kappa shape index (κ3) is 4.07. The minimum Gasteiger partial charge on any atom is -0.343 e. The Morgan fingerprint density at radius 2 is 1.92 bits per heavy atom. The van der Waals surface area contributed by atoms with Gasteiger partial charge in [-0.25, -0.2) is 0 Å². The average Bonchev–Trinajstić information content (AvgIpc) is 3.23. The van der Waals surface area contributed by atoms with Crippen LogP contribution in [0.4, 0.5) is 0 Å². The maximum absolute atomic E-state index is 12.4. The van der Waals surface area contributed by atoms with Gasteiger partial charge in [-0.1, -0.05) is 33.9 Å². The van der Waals surface area contributed by atoms with Gasteiger partial charge >= 0.3 is 0 Å². The SMILES string of the molecule is Cc1nc(C2(NC(=O)CNC(=O)c3ccc(Br)cc3)CCCC2)no1. The van der Waals surface area contributed by atoms with E-state index in [2.05, 4.69) is 36.7 Å². The summed E-state index contributed by atoms with van der Waals surface area (Å²) >= 11 is 3.32. The summed E-state index contributed by atoms with van der Waals surface area (Å²) in [5.74, 6) is 0.419. The van der Waals surface area contributed by atoms with Gasteiger partial charge in [-0.05, 0) is 37.1 Å². The molecule has 3 rings (SSSR count). The zero-order valence-electron chi connectivity index (χ0n) is 13.8. The molecule has 0 unspecified atom stereocenters. The average molecular weight is 407 g/mol. The number of benzene rings is 1. The van der Waals surface area contributed by atoms with Gasteiger partial charge in [0, 0.05) is 17.0 Å². The quantitative estimate of drug-likeness (QED) is 0.794. The molecule has 1 aromatic heterocycles. The fourth-order valence-corrected chi connectivity index (χ4v) is 3.32. The van der Waals surface area contributed by atoms with E-state index >= 15 is 0 Å². The van der Waals surface area contributed by atoms with Gasteiger partial charge in [-0.15, -0.1) is 0 Å². The summed E-state index contributed by atoms with van der Waals surface area (Å²) < 4.78 is 5.95. The first-order valence-corrected chi connectivity index (χ1v) is 8.93. The van der Waals surface area contributed by atoms with Crippen molar-refractivity contribution in [2.45, 2.75) is 38.1 Å². The van der Waals surface area contributed by atoms with Crippen LogP contribution in [0.2, 0.25) is 0 Å². The molecule has 1 fully saturated rings. The standard InChI is InChI=1S/C17H19BrN4O3/c1-11-20-16(22-25-11)17(8-2-3-9-17)21-14(23)10-19-15(24)12-4-6-13(18)7-5-12/h4-7H,2-3,8-10H2,1H3,(H,19,24)(H,21,23). The van der Waals surface area contributed by atoms with Crippen LogP contribution in [0.15, 0.2) is 33.3 Å². The fourth-order valence-electron chi connectivity index (χ4n) is 3.05. The van der Waals surface area contributed by atoms with Crippen molar-refractivity contribution in [2.24, 2.45) is 0 Å². The summed E-state index contributed by atoms with van der Waals surface area (Å²) in [5.41, 5.74) is -0.0997. The van der Waals surface area contributed by atoms with E-state index in [1.165, 1.54) is 0 Å². The molecule has 2 N–H and O–H groups in total. The third-order valence-corrected chi connectivity index (χ3v) is 4.84. The molecule has 2 amide bonds. The Labute approximate surface area is 153 Å². The molecule has 1 saturated carbocycles. The summed E-state index contributed by atoms with van der Waals surface area (Å²) in [5, 5.41) is 9.61. The normalized spacial score (nSPS) is 15.8. The van der Waals surface area contributed by atoms with E-state index in [4.69, 9.17) is 4.52 Å². The Kier molecular flexibility index (Phi) is 5.17. The lowest BCUT2D eigenvalue weighted by Gasteiger charge is -2.26. The first kappa shape index (κ1) is 17.6. The molecule has 0 aliphatic heterocycles. The topological polar surface area (TPSA) is 97.1 Å². The Morgan fingerprint density at radius 1 is 1.24 bits per heavy atom. The van der Waals surface area contributed by atoms with Crippen molar-refractivity contribution >= 4 is 27.7 Å². The van der Waals surface area contributed by atoms with Crippen molar-refractivity contribution in [3.8, 4) is 0 Å². The lowest BCUT2D eigenvalue weighted by atomic mass is 9.96. The van der Waals surface area contributed by atoms with Crippen LogP contribution in [0.5, 0.6) is 0 Å². The third-order valence-electron chi connectivity index (χ3n) is 4.31. The van der Waals surface area contributed by atoms with Crippen molar-refractivity contribution in [2.75, 3.05) is 6.54 Å². The summed E-state index contributed by atoms with van der Waals surface area (Å²) in [7, 11) is 0. The number of carbonyl (C=O) groups excluding carboxylic acids is 2. The zero-order chi connectivity index (χ0) is 17.9. The molecule has 1 heterocycles. The van der Waals surface area contributed by atoms with Gasteiger partial charge in [0.1, 0.15) is 5.54 Å². The molecule has 0 spiro atoms. The molecule has 0 saturated heterocycles. The Bertz CT molecular complexity index is 766. The van der Waals surface area contributed by atoms with Crippen molar-refractivity contribution < 1.29 is 14.1 Å². The second-order valence-electron chi connectivity index (χ2n) is 6.16. The number of aryl methyl sites for hydroxylation is 1. The molecule has 1 aromatic carbocycles. The largest absolute Gasteiger partial charge is 0.343 e. The number of nitrogens with zero attached hydrogens (tertiary/aromatic N) is 2. The van der Waals surface area contributed by atoms with Gasteiger partial charge < -0.3 is 15.2 Å². The summed E-state index contributed by atoms with van der Waals surface area (Å²) in [4.78, 5) is 28.7. The van der Waals surface area contributed by atoms with Crippen molar-refractivity contribution in [3.05, 3.63) is 46.0 Å². The first-order valence-electron chi connectivity index (χ1n) is 8.14. The number of aromatic nitrogens is 2. The van der Waals surface area contributed by atoms with E-state index in [1.807, 2.05) is 0 Å². The summed E-state index contributed by atoms with van der Waals surface area (Å²) in [6, 6.07) is 6.94. The minimum atomic E-state index is -0.600. The predicted octanol–water partition coefficient (Wildman–Crippen LogP) is 2.46. The smallest absolute Gasteiger partial charge is 0.251 e. The molecule has 25 heavy (non-hydrogen) atoms. The van der Waals surface area contributed by atoms with E-state index in [-0.39, 0.29) is 18.4 Å². The van der Waals surface area contributed by atoms with Gasteiger partial charge in [0.05, 0.1) is 6.54 Å². The van der Waals surface area contributed by atoms with Gasteiger partial charge in [-0.2, -0.15) is 4.98 Å². The molecule has 8 heteroatoms. The van der Waals surface area contributed by atoms with E-state index < -0.39 is 5.54 Å². The van der Waals surface area contributed by atoms with Gasteiger partial charge in [-0.3, -0.25) is 9.59 Å². The van der Waals surface area contributed by atoms with E-state index in [9.17, 15) is 9.59 Å². The maximum atomic E-state index is 12.4. The van der Waals surface area contributed by atoms with Crippen LogP contribution in [-0.2, 0) is 10.3 Å². The molecular weight excluding hydrogens is 388 g/mol. The van der Waals surface area contributed by atoms with Crippen LogP contribution in [0.3, 0.4) is 0 Å². The molecule has 0 radical (unpaired) electrons. The van der Waals surface area contributed by atoms with Crippen LogP contribution in [0, 0.1) is 6.92 Å². The lowest BCUT2D eigenvalue weighted by Crippen LogP contribution is -2.48. The summed E-state index contributed by atoms with van der Waals surface area (Å²) in [6.45, 7) is 1.62. The highest BCUT2D eigenvalue weighted by atomic mass is 79.9. The lowest BCUT2D eigenvalue weighted by molar-refractivity contribution is -0.122. The number of hydrogen-bond donors (Lipinski definition) is 2. The van der Waals surface area contributed by atoms with E-state index in [1.54, 1.807) is 31.2 Å². The number of halogens is 1. The highest BCUT2D eigenvalue weighted by Crippen LogP contribution is 2.37. The van der Waals surface area contributed by atoms with Crippen molar-refractivity contribution in [3.63, 3.8) is 0 Å². The Morgan fingerprint density at radius 3 is 2.52 bits per heavy atom. The monoisotopic (exact) mass is 406 g/mol. The number of nitrogens with one attached hydrogen (secondary N) is 2. The molecule has 0 bridgehead atoms. The zero-order valence-corrected chi connectivity index (χ0v) is 15.4. The molecule has 2 aromatic rings. The number of carbonyl (C=O) groups is 2.